The molecule has 2 bridgehead atoms. The lowest BCUT2D eigenvalue weighted by molar-refractivity contribution is -0.138. The molecule has 0 spiro atoms. The third kappa shape index (κ3) is 3.32. The molecule has 5 rings (SSSR count). The number of carbonyl (C=O) groups is 1. The maximum Gasteiger partial charge on any atom is 0.251 e. The zero-order valence-corrected chi connectivity index (χ0v) is 17.5. The van der Waals surface area contributed by atoms with Gasteiger partial charge in [-0.15, -0.1) is 0 Å². The smallest absolute Gasteiger partial charge is 0.251 e. The Labute approximate surface area is 176 Å². The molecule has 2 aromatic rings. The van der Waals surface area contributed by atoms with E-state index in [1.807, 2.05) is 19.1 Å². The highest BCUT2D eigenvalue weighted by Crippen LogP contribution is 2.34. The van der Waals surface area contributed by atoms with Crippen LogP contribution in [0.5, 0.6) is 0 Å². The van der Waals surface area contributed by atoms with Crippen LogP contribution in [0.25, 0.3) is 5.52 Å². The zero-order chi connectivity index (χ0) is 20.8. The Kier molecular flexibility index (Phi) is 4.88. The number of pyridine rings is 1. The molecule has 2 unspecified atom stereocenters. The Morgan fingerprint density at radius 3 is 2.73 bits per heavy atom. The first-order valence-electron chi connectivity index (χ1n) is 10.8. The predicted molar refractivity (Wildman–Crippen MR) is 112 cm³/mol. The summed E-state index contributed by atoms with van der Waals surface area (Å²) in [5.74, 6) is -0.0151. The predicted octanol–water partition coefficient (Wildman–Crippen LogP) is 1.54. The highest BCUT2D eigenvalue weighted by Gasteiger charge is 2.40. The summed E-state index contributed by atoms with van der Waals surface area (Å²) >= 11 is 0. The van der Waals surface area contributed by atoms with E-state index >= 15 is 0 Å². The van der Waals surface area contributed by atoms with Crippen molar-refractivity contribution in [3.05, 3.63) is 30.1 Å². The van der Waals surface area contributed by atoms with Gasteiger partial charge in [-0.25, -0.2) is 4.52 Å². The van der Waals surface area contributed by atoms with Crippen molar-refractivity contribution in [2.24, 2.45) is 0 Å². The molecule has 0 aliphatic carbocycles. The molecule has 158 valence electrons. The van der Waals surface area contributed by atoms with Gasteiger partial charge < -0.3 is 19.9 Å². The molecule has 8 nitrogen and oxygen atoms in total. The van der Waals surface area contributed by atoms with E-state index in [2.05, 4.69) is 33.3 Å². The summed E-state index contributed by atoms with van der Waals surface area (Å²) in [4.78, 5) is 17.7. The fraction of sp³-hybridized carbons (Fsp3) is 0.591. The Morgan fingerprint density at radius 1 is 1.23 bits per heavy atom. The summed E-state index contributed by atoms with van der Waals surface area (Å²) in [5, 5.41) is 16.9. The molecule has 0 aromatic carbocycles. The minimum atomic E-state index is -0.510. The molecular formula is C22H28N6O2. The average molecular weight is 409 g/mol. The number of ether oxygens (including phenoxy) is 1. The molecule has 0 saturated carbocycles. The minimum Gasteiger partial charge on any atom is -0.364 e. The van der Waals surface area contributed by atoms with Gasteiger partial charge in [0.2, 0.25) is 0 Å². The van der Waals surface area contributed by atoms with Crippen LogP contribution in [0.4, 0.5) is 5.69 Å². The van der Waals surface area contributed by atoms with Crippen molar-refractivity contribution in [3.8, 4) is 6.07 Å². The van der Waals surface area contributed by atoms with Gasteiger partial charge in [-0.2, -0.15) is 10.4 Å². The number of morpholine rings is 1. The Morgan fingerprint density at radius 2 is 2.00 bits per heavy atom. The number of anilines is 1. The van der Waals surface area contributed by atoms with Crippen LogP contribution in [-0.2, 0) is 9.53 Å². The molecule has 5 heterocycles. The number of piperidine rings is 1. The first kappa shape index (κ1) is 19.3. The lowest BCUT2D eigenvalue weighted by Gasteiger charge is -2.40. The Balaban J connectivity index is 1.31. The molecule has 2 aromatic heterocycles. The van der Waals surface area contributed by atoms with E-state index in [0.29, 0.717) is 30.9 Å². The summed E-state index contributed by atoms with van der Waals surface area (Å²) in [6, 6.07) is 9.20. The van der Waals surface area contributed by atoms with Crippen molar-refractivity contribution in [1.29, 1.82) is 5.26 Å². The number of fused-ring (bicyclic) bond motifs is 3. The van der Waals surface area contributed by atoms with Gasteiger partial charge in [0.1, 0.15) is 11.8 Å². The maximum atomic E-state index is 13.1. The summed E-state index contributed by atoms with van der Waals surface area (Å²) in [7, 11) is 2.21. The Hall–Kier alpha value is -2.63. The highest BCUT2D eigenvalue weighted by atomic mass is 16.5. The van der Waals surface area contributed by atoms with Crippen molar-refractivity contribution in [1.82, 2.24) is 19.8 Å². The molecule has 3 saturated heterocycles. The molecule has 3 fully saturated rings. The lowest BCUT2D eigenvalue weighted by Crippen LogP contribution is -2.56. The first-order chi connectivity index (χ1) is 14.5. The largest absolute Gasteiger partial charge is 0.364 e. The van der Waals surface area contributed by atoms with Crippen molar-refractivity contribution in [3.63, 3.8) is 0 Å². The van der Waals surface area contributed by atoms with Crippen LogP contribution in [-0.4, -0.2) is 70.9 Å². The summed E-state index contributed by atoms with van der Waals surface area (Å²) in [5.41, 5.74) is 2.33. The molecule has 8 heteroatoms. The number of nitrogens with zero attached hydrogens (tertiary/aromatic N) is 5. The van der Waals surface area contributed by atoms with Crippen LogP contribution >= 0.6 is 0 Å². The topological polar surface area (TPSA) is 85.9 Å². The van der Waals surface area contributed by atoms with Crippen LogP contribution < -0.4 is 10.2 Å². The molecule has 0 radical (unpaired) electrons. The number of amides is 1. The maximum absolute atomic E-state index is 13.1. The third-order valence-corrected chi connectivity index (χ3v) is 6.98. The average Bonchev–Trinajstić information content (AvgIpc) is 3.28. The van der Waals surface area contributed by atoms with Crippen molar-refractivity contribution < 1.29 is 9.53 Å². The van der Waals surface area contributed by atoms with Gasteiger partial charge in [0, 0.05) is 24.7 Å². The van der Waals surface area contributed by atoms with Gasteiger partial charge >= 0.3 is 0 Å². The highest BCUT2D eigenvalue weighted by molar-refractivity contribution is 5.83. The number of nitrogens with one attached hydrogen (secondary N) is 1. The fourth-order valence-electron chi connectivity index (χ4n) is 5.47. The number of nitriles is 1. The third-order valence-electron chi connectivity index (χ3n) is 6.98. The summed E-state index contributed by atoms with van der Waals surface area (Å²) in [6.45, 7) is 3.18. The SMILES string of the molecule is C[C@@H]1CN(c2ccc(C#N)n3nccc23)C[C@H](C(=O)NC2CC3CCC(C2)N3C)O1. The van der Waals surface area contributed by atoms with Crippen molar-refractivity contribution in [2.45, 2.75) is 62.9 Å². The number of aromatic nitrogens is 2. The zero-order valence-electron chi connectivity index (χ0n) is 17.5. The van der Waals surface area contributed by atoms with Crippen LogP contribution in [0.3, 0.4) is 0 Å². The molecule has 3 aliphatic rings. The van der Waals surface area contributed by atoms with E-state index in [1.54, 1.807) is 16.8 Å². The van der Waals surface area contributed by atoms with Crippen LogP contribution in [0.2, 0.25) is 0 Å². The van der Waals surface area contributed by atoms with Gasteiger partial charge in [-0.3, -0.25) is 4.79 Å². The lowest BCUT2D eigenvalue weighted by atomic mass is 9.97. The van der Waals surface area contributed by atoms with Gasteiger partial charge in [-0.05, 0) is 57.9 Å². The molecule has 1 amide bonds. The molecule has 30 heavy (non-hydrogen) atoms. The number of rotatable bonds is 3. The second-order valence-electron chi connectivity index (χ2n) is 8.91. The quantitative estimate of drug-likeness (QED) is 0.829. The van der Waals surface area contributed by atoms with E-state index in [9.17, 15) is 10.1 Å². The van der Waals surface area contributed by atoms with Crippen LogP contribution in [0.15, 0.2) is 24.4 Å². The fourth-order valence-corrected chi connectivity index (χ4v) is 5.47. The standard InChI is InChI=1S/C22H28N6O2/c1-14-12-27(19-6-5-18(11-23)28-20(19)7-8-24-28)13-21(30-14)22(29)25-15-9-16-3-4-17(10-15)26(16)2/h5-8,14-17,21H,3-4,9-10,12-13H2,1-2H3,(H,25,29)/t14-,15?,16?,17?,21-/m1/s1. The van der Waals surface area contributed by atoms with E-state index in [1.165, 1.54) is 12.8 Å². The van der Waals surface area contributed by atoms with E-state index in [4.69, 9.17) is 4.74 Å². The summed E-state index contributed by atoms with van der Waals surface area (Å²) in [6.07, 6.45) is 5.64. The van der Waals surface area contributed by atoms with E-state index < -0.39 is 6.10 Å². The van der Waals surface area contributed by atoms with Gasteiger partial charge in [0.05, 0.1) is 30.0 Å². The molecule has 4 atom stereocenters. The molecular weight excluding hydrogens is 380 g/mol. The van der Waals surface area contributed by atoms with Gasteiger partial charge in [0.15, 0.2) is 6.10 Å². The van der Waals surface area contributed by atoms with E-state index in [0.717, 1.165) is 24.0 Å². The second kappa shape index (κ2) is 7.56. The molecule has 1 N–H and O–H groups in total. The van der Waals surface area contributed by atoms with Crippen LogP contribution in [0.1, 0.15) is 38.3 Å². The van der Waals surface area contributed by atoms with Crippen LogP contribution in [0, 0.1) is 11.3 Å². The monoisotopic (exact) mass is 408 g/mol. The van der Waals surface area contributed by atoms with Gasteiger partial charge in [0.25, 0.3) is 5.91 Å². The number of hydrogen-bond donors (Lipinski definition) is 1. The van der Waals surface area contributed by atoms with E-state index in [-0.39, 0.29) is 18.1 Å². The number of carbonyl (C=O) groups excluding carboxylic acids is 1. The molecule has 3 aliphatic heterocycles. The normalized spacial score (nSPS) is 31.6. The minimum absolute atomic E-state index is 0.0151. The van der Waals surface area contributed by atoms with Crippen molar-refractivity contribution >= 4 is 17.1 Å². The first-order valence-corrected chi connectivity index (χ1v) is 10.8. The summed E-state index contributed by atoms with van der Waals surface area (Å²) < 4.78 is 7.68. The number of hydrogen-bond acceptors (Lipinski definition) is 6. The van der Waals surface area contributed by atoms with Crippen molar-refractivity contribution in [2.75, 3.05) is 25.0 Å². The Bertz CT molecular complexity index is 983. The second-order valence-corrected chi connectivity index (χ2v) is 8.91. The van der Waals surface area contributed by atoms with Gasteiger partial charge in [-0.1, -0.05) is 0 Å².